The highest BCUT2D eigenvalue weighted by Gasteiger charge is 2.14. The van der Waals surface area contributed by atoms with Gasteiger partial charge in [-0.05, 0) is 23.9 Å². The first-order valence-electron chi connectivity index (χ1n) is 6.45. The maximum atomic E-state index is 10.9. The summed E-state index contributed by atoms with van der Waals surface area (Å²) < 4.78 is 0. The topological polar surface area (TPSA) is 81.2 Å². The molecule has 0 spiro atoms. The van der Waals surface area contributed by atoms with Gasteiger partial charge in [0, 0.05) is 28.4 Å². The lowest BCUT2D eigenvalue weighted by molar-refractivity contribution is -0.384. The van der Waals surface area contributed by atoms with Gasteiger partial charge < -0.3 is 11.1 Å². The summed E-state index contributed by atoms with van der Waals surface area (Å²) in [6, 6.07) is 8.84. The van der Waals surface area contributed by atoms with Crippen LogP contribution in [0.1, 0.15) is 30.7 Å². The quantitative estimate of drug-likeness (QED) is 0.475. The van der Waals surface area contributed by atoms with Crippen molar-refractivity contribution < 1.29 is 4.92 Å². The number of nitrogens with two attached hydrogens (primary N) is 1. The van der Waals surface area contributed by atoms with Crippen molar-refractivity contribution in [3.8, 4) is 0 Å². The summed E-state index contributed by atoms with van der Waals surface area (Å²) in [6.45, 7) is 2.12. The van der Waals surface area contributed by atoms with E-state index in [1.54, 1.807) is 17.4 Å². The van der Waals surface area contributed by atoms with E-state index in [1.165, 1.54) is 17.0 Å². The van der Waals surface area contributed by atoms with Crippen LogP contribution in [-0.2, 0) is 0 Å². The molecule has 0 bridgehead atoms. The van der Waals surface area contributed by atoms with Crippen LogP contribution in [0.15, 0.2) is 35.7 Å². The molecular formula is C14H17N3O2S. The molecule has 20 heavy (non-hydrogen) atoms. The molecule has 0 aliphatic heterocycles. The molecule has 0 amide bonds. The van der Waals surface area contributed by atoms with E-state index in [4.69, 9.17) is 5.73 Å². The number of anilines is 2. The highest BCUT2D eigenvalue weighted by atomic mass is 32.1. The van der Waals surface area contributed by atoms with Crippen molar-refractivity contribution >= 4 is 28.4 Å². The Morgan fingerprint density at radius 3 is 2.85 bits per heavy atom. The van der Waals surface area contributed by atoms with Crippen molar-refractivity contribution in [1.82, 2.24) is 0 Å². The first-order chi connectivity index (χ1) is 9.60. The molecular weight excluding hydrogens is 274 g/mol. The number of nitro benzene ring substituents is 1. The van der Waals surface area contributed by atoms with Crippen molar-refractivity contribution in [3.63, 3.8) is 0 Å². The fourth-order valence-electron chi connectivity index (χ4n) is 2.09. The SMILES string of the molecule is CCCC(Nc1cc(N)cc([N+](=O)[O-])c1)c1cccs1. The number of nitrogen functional groups attached to an aromatic ring is 1. The summed E-state index contributed by atoms with van der Waals surface area (Å²) >= 11 is 1.68. The van der Waals surface area contributed by atoms with Gasteiger partial charge in [0.15, 0.2) is 0 Å². The Morgan fingerprint density at radius 2 is 2.25 bits per heavy atom. The number of benzene rings is 1. The van der Waals surface area contributed by atoms with Crippen LogP contribution in [0.5, 0.6) is 0 Å². The van der Waals surface area contributed by atoms with Crippen LogP contribution in [0.25, 0.3) is 0 Å². The molecule has 0 saturated carbocycles. The lowest BCUT2D eigenvalue weighted by atomic mass is 10.1. The Morgan fingerprint density at radius 1 is 1.45 bits per heavy atom. The number of rotatable bonds is 6. The van der Waals surface area contributed by atoms with Crippen LogP contribution in [-0.4, -0.2) is 4.92 Å². The van der Waals surface area contributed by atoms with Gasteiger partial charge in [0.25, 0.3) is 5.69 Å². The Balaban J connectivity index is 2.24. The van der Waals surface area contributed by atoms with Crippen LogP contribution in [0.4, 0.5) is 17.1 Å². The largest absolute Gasteiger partial charge is 0.398 e. The molecule has 0 radical (unpaired) electrons. The molecule has 0 aliphatic rings. The van der Waals surface area contributed by atoms with Gasteiger partial charge in [-0.1, -0.05) is 19.4 Å². The zero-order chi connectivity index (χ0) is 14.5. The smallest absolute Gasteiger partial charge is 0.273 e. The minimum Gasteiger partial charge on any atom is -0.398 e. The lowest BCUT2D eigenvalue weighted by Crippen LogP contribution is -2.09. The zero-order valence-electron chi connectivity index (χ0n) is 11.2. The van der Waals surface area contributed by atoms with E-state index in [1.807, 2.05) is 11.4 Å². The maximum Gasteiger partial charge on any atom is 0.273 e. The monoisotopic (exact) mass is 291 g/mol. The summed E-state index contributed by atoms with van der Waals surface area (Å²) in [4.78, 5) is 11.7. The molecule has 0 fully saturated rings. The average molecular weight is 291 g/mol. The third kappa shape index (κ3) is 3.48. The molecule has 1 aromatic carbocycles. The summed E-state index contributed by atoms with van der Waals surface area (Å²) in [7, 11) is 0. The zero-order valence-corrected chi connectivity index (χ0v) is 12.0. The number of non-ortho nitro benzene ring substituents is 1. The predicted molar refractivity (Wildman–Crippen MR) is 83.1 cm³/mol. The van der Waals surface area contributed by atoms with Crippen molar-refractivity contribution in [1.29, 1.82) is 0 Å². The molecule has 1 heterocycles. The van der Waals surface area contributed by atoms with E-state index in [0.29, 0.717) is 11.4 Å². The predicted octanol–water partition coefficient (Wildman–Crippen LogP) is 4.19. The first kappa shape index (κ1) is 14.3. The molecule has 3 N–H and O–H groups in total. The molecule has 1 atom stereocenters. The van der Waals surface area contributed by atoms with Crippen LogP contribution in [0.3, 0.4) is 0 Å². The van der Waals surface area contributed by atoms with Crippen LogP contribution in [0.2, 0.25) is 0 Å². The van der Waals surface area contributed by atoms with Gasteiger partial charge in [-0.2, -0.15) is 0 Å². The molecule has 106 valence electrons. The second-order valence-electron chi connectivity index (χ2n) is 4.57. The first-order valence-corrected chi connectivity index (χ1v) is 7.33. The average Bonchev–Trinajstić information content (AvgIpc) is 2.91. The van der Waals surface area contributed by atoms with Gasteiger partial charge in [-0.15, -0.1) is 11.3 Å². The van der Waals surface area contributed by atoms with Crippen molar-refractivity contribution in [2.24, 2.45) is 0 Å². The minimum absolute atomic E-state index is 0.00827. The van der Waals surface area contributed by atoms with E-state index in [-0.39, 0.29) is 11.7 Å². The number of hydrogen-bond donors (Lipinski definition) is 2. The second kappa shape index (κ2) is 6.38. The third-order valence-electron chi connectivity index (χ3n) is 2.96. The molecule has 0 aliphatic carbocycles. The Bertz CT molecular complexity index is 584. The van der Waals surface area contributed by atoms with E-state index in [2.05, 4.69) is 18.3 Å². The highest BCUT2D eigenvalue weighted by molar-refractivity contribution is 7.10. The molecule has 0 saturated heterocycles. The van der Waals surface area contributed by atoms with Crippen molar-refractivity contribution in [2.45, 2.75) is 25.8 Å². The third-order valence-corrected chi connectivity index (χ3v) is 3.94. The normalized spacial score (nSPS) is 12.1. The molecule has 6 heteroatoms. The number of nitrogens with one attached hydrogen (secondary N) is 1. The van der Waals surface area contributed by atoms with Crippen LogP contribution in [0, 0.1) is 10.1 Å². The van der Waals surface area contributed by atoms with Crippen molar-refractivity contribution in [2.75, 3.05) is 11.1 Å². The second-order valence-corrected chi connectivity index (χ2v) is 5.55. The van der Waals surface area contributed by atoms with Gasteiger partial charge in [-0.3, -0.25) is 10.1 Å². The Kier molecular flexibility index (Phi) is 4.57. The molecule has 2 rings (SSSR count). The van der Waals surface area contributed by atoms with Gasteiger partial charge in [0.1, 0.15) is 0 Å². The minimum atomic E-state index is -0.429. The number of nitro groups is 1. The fraction of sp³-hybridized carbons (Fsp3) is 0.286. The van der Waals surface area contributed by atoms with Gasteiger partial charge in [0.05, 0.1) is 11.0 Å². The summed E-state index contributed by atoms with van der Waals surface area (Å²) in [5.74, 6) is 0. The molecule has 5 nitrogen and oxygen atoms in total. The standard InChI is InChI=1S/C14H17N3O2S/c1-2-4-13(14-5-3-6-20-14)16-11-7-10(15)8-12(9-11)17(18)19/h3,5-9,13,16H,2,4,15H2,1H3. The number of hydrogen-bond acceptors (Lipinski definition) is 5. The molecule has 1 unspecified atom stereocenters. The molecule has 2 aromatic rings. The van der Waals surface area contributed by atoms with E-state index < -0.39 is 4.92 Å². The fourth-order valence-corrected chi connectivity index (χ4v) is 2.90. The van der Waals surface area contributed by atoms with Crippen molar-refractivity contribution in [3.05, 3.63) is 50.7 Å². The lowest BCUT2D eigenvalue weighted by Gasteiger charge is -2.18. The number of nitrogens with zero attached hydrogens (tertiary/aromatic N) is 1. The maximum absolute atomic E-state index is 10.9. The number of thiophene rings is 1. The Hall–Kier alpha value is -2.08. The summed E-state index contributed by atoms with van der Waals surface area (Å²) in [5, 5.41) is 16.2. The molecule has 1 aromatic heterocycles. The van der Waals surface area contributed by atoms with E-state index in [0.717, 1.165) is 12.8 Å². The van der Waals surface area contributed by atoms with Crippen LogP contribution >= 0.6 is 11.3 Å². The van der Waals surface area contributed by atoms with Gasteiger partial charge >= 0.3 is 0 Å². The highest BCUT2D eigenvalue weighted by Crippen LogP contribution is 2.30. The summed E-state index contributed by atoms with van der Waals surface area (Å²) in [5.41, 5.74) is 6.81. The van der Waals surface area contributed by atoms with Crippen LogP contribution < -0.4 is 11.1 Å². The summed E-state index contributed by atoms with van der Waals surface area (Å²) in [6.07, 6.45) is 1.99. The van der Waals surface area contributed by atoms with Gasteiger partial charge in [0.2, 0.25) is 0 Å². The Labute approximate surface area is 121 Å². The van der Waals surface area contributed by atoms with E-state index >= 15 is 0 Å². The van der Waals surface area contributed by atoms with Gasteiger partial charge in [-0.25, -0.2) is 0 Å². The van der Waals surface area contributed by atoms with E-state index in [9.17, 15) is 10.1 Å².